The van der Waals surface area contributed by atoms with Gasteiger partial charge in [0.2, 0.25) is 0 Å². The van der Waals surface area contributed by atoms with E-state index in [2.05, 4.69) is 38.4 Å². The summed E-state index contributed by atoms with van der Waals surface area (Å²) in [4.78, 5) is 20.5. The van der Waals surface area contributed by atoms with Crippen molar-refractivity contribution in [2.24, 2.45) is 4.99 Å². The second-order valence-corrected chi connectivity index (χ2v) is 11.2. The minimum atomic E-state index is -0.318. The SMILES string of the molecule is Fc1cc(OCCN2CCCC2)cc(-c2cncc3[nH]c(C4=NCCc5ccc(C6CCNCC6)nc54)cc23)c1. The summed E-state index contributed by atoms with van der Waals surface area (Å²) >= 11 is 0. The van der Waals surface area contributed by atoms with Crippen LogP contribution >= 0.6 is 0 Å². The number of pyridine rings is 2. The molecule has 0 amide bonds. The lowest BCUT2D eigenvalue weighted by molar-refractivity contribution is 0.237. The van der Waals surface area contributed by atoms with E-state index in [-0.39, 0.29) is 5.82 Å². The van der Waals surface area contributed by atoms with Gasteiger partial charge in [0.05, 0.1) is 23.1 Å². The molecule has 0 unspecified atom stereocenters. The molecule has 206 valence electrons. The highest BCUT2D eigenvalue weighted by molar-refractivity contribution is 6.14. The van der Waals surface area contributed by atoms with Crippen molar-refractivity contribution in [3.8, 4) is 16.9 Å². The van der Waals surface area contributed by atoms with Crippen LogP contribution in [0.15, 0.2) is 53.8 Å². The number of H-pyrrole nitrogens is 1. The number of piperidine rings is 1. The lowest BCUT2D eigenvalue weighted by Crippen LogP contribution is -2.27. The van der Waals surface area contributed by atoms with Crippen LogP contribution in [-0.4, -0.2) is 71.4 Å². The van der Waals surface area contributed by atoms with Crippen molar-refractivity contribution in [3.63, 3.8) is 0 Å². The molecule has 0 atom stereocenters. The van der Waals surface area contributed by atoms with E-state index in [1.165, 1.54) is 24.5 Å². The van der Waals surface area contributed by atoms with Gasteiger partial charge in [-0.05, 0) is 93.7 Å². The van der Waals surface area contributed by atoms with Gasteiger partial charge in [-0.1, -0.05) is 6.07 Å². The molecule has 3 aliphatic heterocycles. The Kier molecular flexibility index (Phi) is 7.04. The van der Waals surface area contributed by atoms with E-state index in [0.717, 1.165) is 103 Å². The second kappa shape index (κ2) is 11.1. The van der Waals surface area contributed by atoms with Crippen molar-refractivity contribution >= 4 is 16.6 Å². The first-order chi connectivity index (χ1) is 19.7. The van der Waals surface area contributed by atoms with E-state index < -0.39 is 0 Å². The molecule has 7 rings (SSSR count). The molecule has 8 heteroatoms. The van der Waals surface area contributed by atoms with Crippen LogP contribution in [0.1, 0.15) is 54.2 Å². The lowest BCUT2D eigenvalue weighted by atomic mass is 9.92. The van der Waals surface area contributed by atoms with Crippen molar-refractivity contribution in [2.75, 3.05) is 45.9 Å². The van der Waals surface area contributed by atoms with Crippen molar-refractivity contribution in [3.05, 3.63) is 77.3 Å². The predicted octanol–water partition coefficient (Wildman–Crippen LogP) is 5.10. The molecule has 1 aromatic carbocycles. The van der Waals surface area contributed by atoms with E-state index >= 15 is 0 Å². The third-order valence-electron chi connectivity index (χ3n) is 8.49. The van der Waals surface area contributed by atoms with Crippen LogP contribution in [0, 0.1) is 5.82 Å². The van der Waals surface area contributed by atoms with Crippen LogP contribution in [0.4, 0.5) is 4.39 Å². The number of benzene rings is 1. The Morgan fingerprint density at radius 3 is 2.77 bits per heavy atom. The van der Waals surface area contributed by atoms with Gasteiger partial charge in [0.1, 0.15) is 23.9 Å². The number of ether oxygens (including phenoxy) is 1. The third-order valence-corrected chi connectivity index (χ3v) is 8.49. The molecule has 40 heavy (non-hydrogen) atoms. The number of halogens is 1. The van der Waals surface area contributed by atoms with Crippen molar-refractivity contribution < 1.29 is 9.13 Å². The molecule has 3 aromatic heterocycles. The van der Waals surface area contributed by atoms with Crippen molar-refractivity contribution in [1.29, 1.82) is 0 Å². The van der Waals surface area contributed by atoms with Crippen molar-refractivity contribution in [2.45, 2.75) is 38.0 Å². The number of nitrogens with zero attached hydrogens (tertiary/aromatic N) is 4. The summed E-state index contributed by atoms with van der Waals surface area (Å²) in [6.45, 7) is 6.45. The van der Waals surface area contributed by atoms with Crippen LogP contribution in [0.25, 0.3) is 22.0 Å². The summed E-state index contributed by atoms with van der Waals surface area (Å²) < 4.78 is 20.7. The first-order valence-corrected chi connectivity index (χ1v) is 14.6. The lowest BCUT2D eigenvalue weighted by Gasteiger charge is -2.24. The standard InChI is InChI=1S/C32H35FN6O/c33-24-15-23(16-25(17-24)40-14-13-39-11-1-2-12-39)27-19-35-20-30-26(27)18-29(37-30)32-31-22(7-10-36-32)3-4-28(38-31)21-5-8-34-9-6-21/h3-4,15-21,34,37H,1-2,5-14H2. The summed E-state index contributed by atoms with van der Waals surface area (Å²) in [5, 5.41) is 4.42. The summed E-state index contributed by atoms with van der Waals surface area (Å²) in [5.41, 5.74) is 7.67. The third kappa shape index (κ3) is 5.13. The van der Waals surface area contributed by atoms with Gasteiger partial charge >= 0.3 is 0 Å². The summed E-state index contributed by atoms with van der Waals surface area (Å²) in [5.74, 6) is 0.705. The van der Waals surface area contributed by atoms with Gasteiger partial charge in [0.25, 0.3) is 0 Å². The maximum Gasteiger partial charge on any atom is 0.127 e. The van der Waals surface area contributed by atoms with Gasteiger partial charge in [-0.3, -0.25) is 19.9 Å². The normalized spacial score (nSPS) is 18.2. The molecule has 4 aromatic rings. The van der Waals surface area contributed by atoms with Gasteiger partial charge < -0.3 is 15.0 Å². The summed E-state index contributed by atoms with van der Waals surface area (Å²) in [7, 11) is 0. The molecule has 0 radical (unpaired) electrons. The fraction of sp³-hybridized carbons (Fsp3) is 0.406. The van der Waals surface area contributed by atoms with E-state index in [1.807, 2.05) is 12.3 Å². The predicted molar refractivity (Wildman–Crippen MR) is 156 cm³/mol. The molecular formula is C32H35FN6O. The van der Waals surface area contributed by atoms with Gasteiger partial charge in [0, 0.05) is 47.9 Å². The van der Waals surface area contributed by atoms with Crippen LogP contribution in [0.2, 0.25) is 0 Å². The van der Waals surface area contributed by atoms with E-state index in [1.54, 1.807) is 12.3 Å². The van der Waals surface area contributed by atoms with Gasteiger partial charge in [-0.25, -0.2) is 4.39 Å². The number of aromatic nitrogens is 3. The number of likely N-dealkylation sites (tertiary alicyclic amines) is 1. The zero-order valence-corrected chi connectivity index (χ0v) is 22.8. The van der Waals surface area contributed by atoms with Crippen LogP contribution < -0.4 is 10.1 Å². The second-order valence-electron chi connectivity index (χ2n) is 11.2. The fourth-order valence-electron chi connectivity index (χ4n) is 6.34. The topological polar surface area (TPSA) is 78.4 Å². The minimum Gasteiger partial charge on any atom is -0.492 e. The minimum absolute atomic E-state index is 0.318. The van der Waals surface area contributed by atoms with Gasteiger partial charge in [-0.2, -0.15) is 0 Å². The Morgan fingerprint density at radius 2 is 1.90 bits per heavy atom. The molecule has 2 fully saturated rings. The van der Waals surface area contributed by atoms with Crippen LogP contribution in [-0.2, 0) is 6.42 Å². The number of rotatable bonds is 7. The number of nitrogens with one attached hydrogen (secondary N) is 2. The van der Waals surface area contributed by atoms with Gasteiger partial charge in [0.15, 0.2) is 0 Å². The van der Waals surface area contributed by atoms with Crippen molar-refractivity contribution in [1.82, 2.24) is 25.2 Å². The maximum absolute atomic E-state index is 14.7. The molecule has 0 saturated carbocycles. The average Bonchev–Trinajstić information content (AvgIpc) is 3.67. The van der Waals surface area contributed by atoms with E-state index in [0.29, 0.717) is 18.3 Å². The Balaban J connectivity index is 1.19. The quantitative estimate of drug-likeness (QED) is 0.342. The first kappa shape index (κ1) is 25.4. The Labute approximate surface area is 233 Å². The fourth-order valence-corrected chi connectivity index (χ4v) is 6.34. The highest BCUT2D eigenvalue weighted by Crippen LogP contribution is 2.33. The molecule has 7 nitrogen and oxygen atoms in total. The highest BCUT2D eigenvalue weighted by atomic mass is 19.1. The number of aromatic amines is 1. The smallest absolute Gasteiger partial charge is 0.127 e. The molecule has 2 N–H and O–H groups in total. The first-order valence-electron chi connectivity index (χ1n) is 14.6. The zero-order valence-electron chi connectivity index (χ0n) is 22.8. The molecule has 2 saturated heterocycles. The molecule has 0 aliphatic carbocycles. The van der Waals surface area contributed by atoms with E-state index in [4.69, 9.17) is 14.7 Å². The Hall–Kier alpha value is -3.62. The molecular weight excluding hydrogens is 503 g/mol. The molecule has 3 aliphatic rings. The van der Waals surface area contributed by atoms with Crippen LogP contribution in [0.3, 0.4) is 0 Å². The zero-order chi connectivity index (χ0) is 26.9. The van der Waals surface area contributed by atoms with Gasteiger partial charge in [-0.15, -0.1) is 0 Å². The van der Waals surface area contributed by atoms with Crippen LogP contribution in [0.5, 0.6) is 5.75 Å². The number of hydrogen-bond acceptors (Lipinski definition) is 6. The molecule has 0 bridgehead atoms. The number of hydrogen-bond donors (Lipinski definition) is 2. The average molecular weight is 539 g/mol. The number of fused-ring (bicyclic) bond motifs is 2. The number of aliphatic imine (C=N–C) groups is 1. The van der Waals surface area contributed by atoms with E-state index in [9.17, 15) is 4.39 Å². The Morgan fingerprint density at radius 1 is 1.02 bits per heavy atom. The molecule has 0 spiro atoms. The highest BCUT2D eigenvalue weighted by Gasteiger charge is 2.24. The largest absolute Gasteiger partial charge is 0.492 e. The summed E-state index contributed by atoms with van der Waals surface area (Å²) in [6.07, 6.45) is 9.22. The maximum atomic E-state index is 14.7. The molecule has 6 heterocycles. The summed E-state index contributed by atoms with van der Waals surface area (Å²) in [6, 6.07) is 11.5. The Bertz CT molecular complexity index is 1550. The monoisotopic (exact) mass is 538 g/mol.